The summed E-state index contributed by atoms with van der Waals surface area (Å²) in [6.45, 7) is 5.47. The average Bonchev–Trinajstić information content (AvgIpc) is 2.33. The molecule has 4 aliphatic carbocycles. The molecule has 0 aromatic rings. The number of carboxylic acid groups (broad SMARTS) is 1. The molecule has 0 aliphatic heterocycles. The van der Waals surface area contributed by atoms with Gasteiger partial charge in [0.15, 0.2) is 0 Å². The van der Waals surface area contributed by atoms with Crippen LogP contribution in [0, 0.1) is 23.2 Å². The first kappa shape index (κ1) is 16.6. The standard InChI is InChI=1S/C18H29NO4/c1-17(2,3)23-16(22)19-14(7-15(20)21)18-8-11-4-12(9-18)6-13(5-11)10-18/h11-14H,4-10H2,1-3H3,(H,19,22)(H,20,21)/t11?,12?,13?,14-,18?/m1/s1. The molecule has 4 rings (SSSR count). The van der Waals surface area contributed by atoms with Crippen LogP contribution in [0.3, 0.4) is 0 Å². The largest absolute Gasteiger partial charge is 0.481 e. The zero-order chi connectivity index (χ0) is 16.8. The molecule has 0 radical (unpaired) electrons. The lowest BCUT2D eigenvalue weighted by Crippen LogP contribution is -2.57. The second-order valence-corrected chi connectivity index (χ2v) is 9.08. The van der Waals surface area contributed by atoms with E-state index >= 15 is 0 Å². The zero-order valence-corrected chi connectivity index (χ0v) is 14.4. The van der Waals surface area contributed by atoms with Gasteiger partial charge in [0.05, 0.1) is 6.42 Å². The van der Waals surface area contributed by atoms with Crippen LogP contribution in [0.5, 0.6) is 0 Å². The van der Waals surface area contributed by atoms with E-state index in [-0.39, 0.29) is 17.9 Å². The van der Waals surface area contributed by atoms with Crippen molar-refractivity contribution in [1.29, 1.82) is 0 Å². The molecule has 130 valence electrons. The lowest BCUT2D eigenvalue weighted by atomic mass is 9.47. The summed E-state index contributed by atoms with van der Waals surface area (Å²) in [5, 5.41) is 12.3. The van der Waals surface area contributed by atoms with E-state index in [1.807, 2.05) is 20.8 Å². The van der Waals surface area contributed by atoms with Crippen molar-refractivity contribution in [2.75, 3.05) is 0 Å². The number of nitrogens with one attached hydrogen (secondary N) is 1. The number of hydrogen-bond donors (Lipinski definition) is 2. The summed E-state index contributed by atoms with van der Waals surface area (Å²) < 4.78 is 5.37. The van der Waals surface area contributed by atoms with Gasteiger partial charge in [-0.05, 0) is 82.5 Å². The third-order valence-corrected chi connectivity index (χ3v) is 5.89. The number of carbonyl (C=O) groups is 2. The Morgan fingerprint density at radius 3 is 2.00 bits per heavy atom. The summed E-state index contributed by atoms with van der Waals surface area (Å²) in [4.78, 5) is 23.6. The Hall–Kier alpha value is -1.26. The summed E-state index contributed by atoms with van der Waals surface area (Å²) in [5.41, 5.74) is -0.608. The van der Waals surface area contributed by atoms with Crippen molar-refractivity contribution >= 4 is 12.1 Å². The molecule has 23 heavy (non-hydrogen) atoms. The van der Waals surface area contributed by atoms with Gasteiger partial charge in [0.2, 0.25) is 0 Å². The molecule has 0 saturated heterocycles. The Kier molecular flexibility index (Phi) is 4.09. The Bertz CT molecular complexity index is 458. The van der Waals surface area contributed by atoms with Crippen molar-refractivity contribution in [1.82, 2.24) is 5.32 Å². The number of carboxylic acids is 1. The Morgan fingerprint density at radius 1 is 1.13 bits per heavy atom. The maximum atomic E-state index is 12.2. The van der Waals surface area contributed by atoms with Gasteiger partial charge in [-0.25, -0.2) is 4.79 Å². The molecule has 5 heteroatoms. The molecule has 4 aliphatic rings. The Labute approximate surface area is 138 Å². The number of ether oxygens (including phenoxy) is 1. The van der Waals surface area contributed by atoms with Gasteiger partial charge in [0.25, 0.3) is 0 Å². The van der Waals surface area contributed by atoms with Crippen LogP contribution in [-0.4, -0.2) is 28.8 Å². The molecule has 4 saturated carbocycles. The van der Waals surface area contributed by atoms with E-state index in [1.54, 1.807) is 0 Å². The van der Waals surface area contributed by atoms with E-state index in [2.05, 4.69) is 5.32 Å². The van der Waals surface area contributed by atoms with E-state index in [0.717, 1.165) is 37.0 Å². The third kappa shape index (κ3) is 3.64. The predicted octanol–water partition coefficient (Wildman–Crippen LogP) is 3.57. The maximum absolute atomic E-state index is 12.2. The summed E-state index contributed by atoms with van der Waals surface area (Å²) >= 11 is 0. The molecular weight excluding hydrogens is 294 g/mol. The predicted molar refractivity (Wildman–Crippen MR) is 86.0 cm³/mol. The minimum atomic E-state index is -0.846. The highest BCUT2D eigenvalue weighted by Gasteiger charge is 2.55. The Balaban J connectivity index is 1.76. The van der Waals surface area contributed by atoms with Gasteiger partial charge < -0.3 is 15.2 Å². The van der Waals surface area contributed by atoms with Crippen LogP contribution >= 0.6 is 0 Å². The highest BCUT2D eigenvalue weighted by Crippen LogP contribution is 2.61. The third-order valence-electron chi connectivity index (χ3n) is 5.89. The molecule has 0 heterocycles. The van der Waals surface area contributed by atoms with Gasteiger partial charge in [-0.2, -0.15) is 0 Å². The first-order valence-corrected chi connectivity index (χ1v) is 8.86. The van der Waals surface area contributed by atoms with Crippen molar-refractivity contribution in [3.05, 3.63) is 0 Å². The average molecular weight is 323 g/mol. The number of amides is 1. The molecule has 0 aromatic heterocycles. The van der Waals surface area contributed by atoms with Gasteiger partial charge in [-0.3, -0.25) is 4.79 Å². The molecule has 0 spiro atoms. The van der Waals surface area contributed by atoms with Gasteiger partial charge in [-0.1, -0.05) is 0 Å². The van der Waals surface area contributed by atoms with Crippen LogP contribution in [-0.2, 0) is 9.53 Å². The number of alkyl carbamates (subject to hydrolysis) is 1. The first-order chi connectivity index (χ1) is 10.7. The monoisotopic (exact) mass is 323 g/mol. The van der Waals surface area contributed by atoms with Crippen molar-refractivity contribution in [2.24, 2.45) is 23.2 Å². The summed E-state index contributed by atoms with van der Waals surface area (Å²) in [5.74, 6) is 1.32. The topological polar surface area (TPSA) is 75.6 Å². The quantitative estimate of drug-likeness (QED) is 0.829. The van der Waals surface area contributed by atoms with Gasteiger partial charge in [0.1, 0.15) is 5.60 Å². The molecule has 2 N–H and O–H groups in total. The minimum absolute atomic E-state index is 0.00853. The first-order valence-electron chi connectivity index (χ1n) is 8.86. The Morgan fingerprint density at radius 2 is 1.61 bits per heavy atom. The van der Waals surface area contributed by atoms with Crippen LogP contribution in [0.2, 0.25) is 0 Å². The second-order valence-electron chi connectivity index (χ2n) is 9.08. The highest BCUT2D eigenvalue weighted by molar-refractivity contribution is 5.72. The van der Waals surface area contributed by atoms with Crippen LogP contribution in [0.1, 0.15) is 65.7 Å². The molecule has 5 nitrogen and oxygen atoms in total. The summed E-state index contributed by atoms with van der Waals surface area (Å²) in [7, 11) is 0. The van der Waals surface area contributed by atoms with E-state index in [1.165, 1.54) is 19.3 Å². The summed E-state index contributed by atoms with van der Waals surface area (Å²) in [6.07, 6.45) is 6.58. The van der Waals surface area contributed by atoms with Crippen molar-refractivity contribution in [2.45, 2.75) is 77.4 Å². The second kappa shape index (κ2) is 5.67. The SMILES string of the molecule is CC(C)(C)OC(=O)N[C@H](CC(=O)O)C12CC3CC(CC(C3)C1)C2. The van der Waals surface area contributed by atoms with Gasteiger partial charge >= 0.3 is 12.1 Å². The van der Waals surface area contributed by atoms with Crippen LogP contribution < -0.4 is 5.32 Å². The lowest BCUT2D eigenvalue weighted by Gasteiger charge is -2.59. The van der Waals surface area contributed by atoms with E-state index in [0.29, 0.717) is 0 Å². The lowest BCUT2D eigenvalue weighted by molar-refractivity contribution is -0.141. The molecule has 4 bridgehead atoms. The molecular formula is C18H29NO4. The maximum Gasteiger partial charge on any atom is 0.407 e. The molecule has 1 amide bonds. The zero-order valence-electron chi connectivity index (χ0n) is 14.4. The number of carbonyl (C=O) groups excluding carboxylic acids is 1. The van der Waals surface area contributed by atoms with E-state index in [9.17, 15) is 14.7 Å². The van der Waals surface area contributed by atoms with Crippen LogP contribution in [0.4, 0.5) is 4.79 Å². The van der Waals surface area contributed by atoms with Crippen molar-refractivity contribution in [3.63, 3.8) is 0 Å². The summed E-state index contributed by atoms with van der Waals surface area (Å²) in [6, 6.07) is -0.316. The number of aliphatic carboxylic acids is 1. The number of hydrogen-bond acceptors (Lipinski definition) is 3. The normalized spacial score (nSPS) is 36.6. The van der Waals surface area contributed by atoms with Crippen LogP contribution in [0.25, 0.3) is 0 Å². The fraction of sp³-hybridized carbons (Fsp3) is 0.889. The van der Waals surface area contributed by atoms with E-state index < -0.39 is 17.7 Å². The van der Waals surface area contributed by atoms with Crippen LogP contribution in [0.15, 0.2) is 0 Å². The smallest absolute Gasteiger partial charge is 0.407 e. The van der Waals surface area contributed by atoms with Crippen molar-refractivity contribution in [3.8, 4) is 0 Å². The molecule has 1 atom stereocenters. The fourth-order valence-electron chi connectivity index (χ4n) is 5.65. The van der Waals surface area contributed by atoms with E-state index in [4.69, 9.17) is 4.74 Å². The molecule has 4 fully saturated rings. The number of rotatable bonds is 4. The van der Waals surface area contributed by atoms with Crippen molar-refractivity contribution < 1.29 is 19.4 Å². The highest BCUT2D eigenvalue weighted by atomic mass is 16.6. The fourth-order valence-corrected chi connectivity index (χ4v) is 5.65. The molecule has 0 aromatic carbocycles. The minimum Gasteiger partial charge on any atom is -0.481 e. The van der Waals surface area contributed by atoms with Gasteiger partial charge in [-0.15, -0.1) is 0 Å². The molecule has 0 unspecified atom stereocenters. The van der Waals surface area contributed by atoms with Gasteiger partial charge in [0, 0.05) is 6.04 Å².